The Hall–Kier alpha value is -1.60. The van der Waals surface area contributed by atoms with Crippen molar-refractivity contribution >= 4 is 29.0 Å². The minimum atomic E-state index is -0.229. The third-order valence-electron chi connectivity index (χ3n) is 4.89. The SMILES string of the molecule is C=CCNC(=O)[C@H](C)Sc1nnc(-c2cc3c(s2)CC[C@H](CC)C3)n1C. The average molecular weight is 391 g/mol. The predicted octanol–water partition coefficient (Wildman–Crippen LogP) is 3.84. The molecule has 0 unspecified atom stereocenters. The number of thioether (sulfide) groups is 1. The minimum absolute atomic E-state index is 0.0170. The molecule has 1 aliphatic rings. The van der Waals surface area contributed by atoms with Gasteiger partial charge in [0.1, 0.15) is 0 Å². The molecule has 0 saturated carbocycles. The summed E-state index contributed by atoms with van der Waals surface area (Å²) in [6.07, 6.45) is 6.58. The van der Waals surface area contributed by atoms with Gasteiger partial charge in [0.05, 0.1) is 10.1 Å². The molecule has 0 bridgehead atoms. The number of rotatable bonds is 7. The average Bonchev–Trinajstić information content (AvgIpc) is 3.22. The number of hydrogen-bond acceptors (Lipinski definition) is 5. The zero-order valence-electron chi connectivity index (χ0n) is 15.6. The van der Waals surface area contributed by atoms with E-state index < -0.39 is 0 Å². The van der Waals surface area contributed by atoms with E-state index in [2.05, 4.69) is 35.1 Å². The first kappa shape index (κ1) is 19.2. The van der Waals surface area contributed by atoms with Crippen LogP contribution in [0.3, 0.4) is 0 Å². The Morgan fingerprint density at radius 1 is 1.58 bits per heavy atom. The Kier molecular flexibility index (Phi) is 6.19. The van der Waals surface area contributed by atoms with Crippen LogP contribution in [0, 0.1) is 5.92 Å². The van der Waals surface area contributed by atoms with E-state index in [-0.39, 0.29) is 11.2 Å². The summed E-state index contributed by atoms with van der Waals surface area (Å²) in [7, 11) is 1.97. The number of carbonyl (C=O) groups excluding carboxylic acids is 1. The van der Waals surface area contributed by atoms with E-state index >= 15 is 0 Å². The van der Waals surface area contributed by atoms with Crippen LogP contribution in [0.5, 0.6) is 0 Å². The normalized spacial score (nSPS) is 17.6. The van der Waals surface area contributed by atoms with Gasteiger partial charge in [-0.2, -0.15) is 0 Å². The molecule has 1 N–H and O–H groups in total. The third kappa shape index (κ3) is 4.04. The van der Waals surface area contributed by atoms with Gasteiger partial charge < -0.3 is 9.88 Å². The van der Waals surface area contributed by atoms with Gasteiger partial charge in [-0.05, 0) is 43.7 Å². The zero-order chi connectivity index (χ0) is 18.7. The number of nitrogens with one attached hydrogen (secondary N) is 1. The van der Waals surface area contributed by atoms with Gasteiger partial charge in [-0.25, -0.2) is 0 Å². The van der Waals surface area contributed by atoms with E-state index in [9.17, 15) is 4.79 Å². The highest BCUT2D eigenvalue weighted by atomic mass is 32.2. The van der Waals surface area contributed by atoms with Crippen molar-refractivity contribution in [3.8, 4) is 10.7 Å². The van der Waals surface area contributed by atoms with Crippen LogP contribution in [0.25, 0.3) is 10.7 Å². The number of nitrogens with zero attached hydrogens (tertiary/aromatic N) is 3. The quantitative estimate of drug-likeness (QED) is 0.576. The molecule has 3 rings (SSSR count). The van der Waals surface area contributed by atoms with Gasteiger partial charge in [0.15, 0.2) is 11.0 Å². The summed E-state index contributed by atoms with van der Waals surface area (Å²) in [6.45, 7) is 8.26. The lowest BCUT2D eigenvalue weighted by Crippen LogP contribution is -2.31. The maximum Gasteiger partial charge on any atom is 0.233 e. The third-order valence-corrected chi connectivity index (χ3v) is 7.26. The minimum Gasteiger partial charge on any atom is -0.352 e. The van der Waals surface area contributed by atoms with Crippen LogP contribution in [0.1, 0.15) is 37.1 Å². The number of hydrogen-bond donors (Lipinski definition) is 1. The van der Waals surface area contributed by atoms with E-state index in [0.717, 1.165) is 16.9 Å². The Balaban J connectivity index is 1.74. The van der Waals surface area contributed by atoms with Gasteiger partial charge in [-0.1, -0.05) is 31.2 Å². The molecule has 2 aromatic heterocycles. The topological polar surface area (TPSA) is 59.8 Å². The Labute approximate surface area is 163 Å². The van der Waals surface area contributed by atoms with Gasteiger partial charge in [0.25, 0.3) is 0 Å². The van der Waals surface area contributed by atoms with Gasteiger partial charge in [-0.15, -0.1) is 28.1 Å². The molecular weight excluding hydrogens is 364 g/mol. The molecule has 26 heavy (non-hydrogen) atoms. The number of aryl methyl sites for hydroxylation is 1. The molecule has 7 heteroatoms. The molecule has 1 aliphatic carbocycles. The van der Waals surface area contributed by atoms with Gasteiger partial charge in [0, 0.05) is 18.5 Å². The monoisotopic (exact) mass is 390 g/mol. The number of fused-ring (bicyclic) bond motifs is 1. The van der Waals surface area contributed by atoms with Crippen molar-refractivity contribution in [2.45, 2.75) is 49.9 Å². The molecular formula is C19H26N4OS2. The fourth-order valence-electron chi connectivity index (χ4n) is 3.22. The fraction of sp³-hybridized carbons (Fsp3) is 0.526. The summed E-state index contributed by atoms with van der Waals surface area (Å²) in [4.78, 5) is 14.7. The Morgan fingerprint density at radius 2 is 2.38 bits per heavy atom. The van der Waals surface area contributed by atoms with Crippen molar-refractivity contribution in [1.82, 2.24) is 20.1 Å². The van der Waals surface area contributed by atoms with E-state index in [0.29, 0.717) is 6.54 Å². The number of thiophene rings is 1. The van der Waals surface area contributed by atoms with Crippen LogP contribution in [-0.2, 0) is 24.7 Å². The van der Waals surface area contributed by atoms with E-state index in [1.807, 2.05) is 29.9 Å². The first-order valence-corrected chi connectivity index (χ1v) is 10.8. The van der Waals surface area contributed by atoms with Gasteiger partial charge in [-0.3, -0.25) is 4.79 Å². The van der Waals surface area contributed by atoms with Gasteiger partial charge >= 0.3 is 0 Å². The smallest absolute Gasteiger partial charge is 0.233 e. The van der Waals surface area contributed by atoms with Crippen LogP contribution in [0.4, 0.5) is 0 Å². The van der Waals surface area contributed by atoms with E-state index in [1.165, 1.54) is 52.8 Å². The Morgan fingerprint density at radius 3 is 3.12 bits per heavy atom. The van der Waals surface area contributed by atoms with E-state index in [1.54, 1.807) is 6.08 Å². The molecule has 5 nitrogen and oxygen atoms in total. The largest absolute Gasteiger partial charge is 0.352 e. The summed E-state index contributed by atoms with van der Waals surface area (Å²) >= 11 is 3.27. The first-order chi connectivity index (χ1) is 12.5. The lowest BCUT2D eigenvalue weighted by molar-refractivity contribution is -0.120. The lowest BCUT2D eigenvalue weighted by atomic mass is 9.87. The molecule has 2 aromatic rings. The van der Waals surface area contributed by atoms with Crippen LogP contribution in [0.2, 0.25) is 0 Å². The highest BCUT2D eigenvalue weighted by Gasteiger charge is 2.23. The van der Waals surface area contributed by atoms with E-state index in [4.69, 9.17) is 0 Å². The van der Waals surface area contributed by atoms with Crippen molar-refractivity contribution in [3.05, 3.63) is 29.2 Å². The first-order valence-electron chi connectivity index (χ1n) is 9.10. The highest BCUT2D eigenvalue weighted by molar-refractivity contribution is 8.00. The van der Waals surface area contributed by atoms with Crippen molar-refractivity contribution in [2.24, 2.45) is 13.0 Å². The molecule has 140 valence electrons. The van der Waals surface area contributed by atoms with Crippen LogP contribution >= 0.6 is 23.1 Å². The summed E-state index contributed by atoms with van der Waals surface area (Å²) in [5, 5.41) is 12.1. The van der Waals surface area contributed by atoms with Crippen molar-refractivity contribution < 1.29 is 4.79 Å². The number of carbonyl (C=O) groups is 1. The second-order valence-corrected chi connectivity index (χ2v) is 9.18. The highest BCUT2D eigenvalue weighted by Crippen LogP contribution is 2.38. The molecule has 0 aliphatic heterocycles. The molecule has 0 aromatic carbocycles. The second kappa shape index (κ2) is 8.39. The van der Waals surface area contributed by atoms with Crippen LogP contribution < -0.4 is 5.32 Å². The Bertz CT molecular complexity index is 796. The number of amides is 1. The molecule has 0 fully saturated rings. The molecule has 2 heterocycles. The van der Waals surface area contributed by atoms with Crippen molar-refractivity contribution in [2.75, 3.05) is 6.54 Å². The summed E-state index contributed by atoms with van der Waals surface area (Å²) in [6, 6.07) is 2.29. The lowest BCUT2D eigenvalue weighted by Gasteiger charge is -2.19. The summed E-state index contributed by atoms with van der Waals surface area (Å²) in [5.41, 5.74) is 1.48. The van der Waals surface area contributed by atoms with Crippen molar-refractivity contribution in [1.29, 1.82) is 0 Å². The maximum atomic E-state index is 12.1. The molecule has 1 amide bonds. The summed E-state index contributed by atoms with van der Waals surface area (Å²) < 4.78 is 2.00. The maximum absolute atomic E-state index is 12.1. The molecule has 2 atom stereocenters. The second-order valence-electron chi connectivity index (χ2n) is 6.74. The van der Waals surface area contributed by atoms with Crippen molar-refractivity contribution in [3.63, 3.8) is 0 Å². The molecule has 0 radical (unpaired) electrons. The standard InChI is InChI=1S/C19H26N4OS2/c1-5-9-20-18(24)12(3)25-19-22-21-17(23(19)4)16-11-14-10-13(6-2)7-8-15(14)26-16/h5,11-13H,1,6-10H2,2-4H3,(H,20,24)/t12-,13-/m0/s1. The summed E-state index contributed by atoms with van der Waals surface area (Å²) in [5.74, 6) is 1.68. The van der Waals surface area contributed by atoms with Crippen LogP contribution in [0.15, 0.2) is 23.9 Å². The fourth-order valence-corrected chi connectivity index (χ4v) is 5.29. The number of aromatic nitrogens is 3. The molecule has 0 spiro atoms. The molecule has 0 saturated heterocycles. The zero-order valence-corrected chi connectivity index (χ0v) is 17.3. The predicted molar refractivity (Wildman–Crippen MR) is 109 cm³/mol. The van der Waals surface area contributed by atoms with Gasteiger partial charge in [0.2, 0.25) is 5.91 Å². The van der Waals surface area contributed by atoms with Crippen LogP contribution in [-0.4, -0.2) is 32.5 Å².